The first-order valence-corrected chi connectivity index (χ1v) is 7.21. The molecule has 0 amide bonds. The molecule has 1 saturated carbocycles. The van der Waals surface area contributed by atoms with Crippen molar-refractivity contribution >= 4 is 5.82 Å². The fourth-order valence-electron chi connectivity index (χ4n) is 3.35. The molecule has 2 heterocycles. The van der Waals surface area contributed by atoms with Gasteiger partial charge < -0.3 is 5.32 Å². The molecule has 20 heavy (non-hydrogen) atoms. The summed E-state index contributed by atoms with van der Waals surface area (Å²) in [7, 11) is 0. The van der Waals surface area contributed by atoms with E-state index in [4.69, 9.17) is 0 Å². The highest BCUT2D eigenvalue weighted by Gasteiger charge is 2.55. The highest BCUT2D eigenvalue weighted by atomic mass is 15.2. The minimum Gasteiger partial charge on any atom is -0.365 e. The molecule has 2 fully saturated rings. The van der Waals surface area contributed by atoms with Crippen molar-refractivity contribution in [2.45, 2.75) is 12.6 Å². The summed E-state index contributed by atoms with van der Waals surface area (Å²) in [5, 5.41) is 11.5. The van der Waals surface area contributed by atoms with Gasteiger partial charge in [-0.2, -0.15) is 5.10 Å². The van der Waals surface area contributed by atoms with E-state index in [9.17, 15) is 0 Å². The molecule has 2 unspecified atom stereocenters. The molecule has 1 N–H and O–H groups in total. The molecule has 1 saturated heterocycles. The largest absolute Gasteiger partial charge is 0.365 e. The van der Waals surface area contributed by atoms with Crippen LogP contribution in [-0.4, -0.2) is 34.2 Å². The molecule has 1 aromatic heterocycles. The number of piperidine rings is 1. The molecular weight excluding hydrogens is 248 g/mol. The van der Waals surface area contributed by atoms with Gasteiger partial charge in [-0.05, 0) is 29.5 Å². The lowest BCUT2D eigenvalue weighted by Gasteiger charge is -2.19. The van der Waals surface area contributed by atoms with E-state index < -0.39 is 0 Å². The van der Waals surface area contributed by atoms with Crippen LogP contribution in [0.2, 0.25) is 0 Å². The molecule has 1 aliphatic carbocycles. The number of fused-ring (bicyclic) bond motifs is 1. The standard InChI is InChI=1S/C16H18N4/c1-2-5-12(6-3-1)9-20-10-13-14(11-20)16(13)18-15-7-4-8-17-19-15/h1-8,13-14,16H,9-11H2,(H,18,19). The highest BCUT2D eigenvalue weighted by Crippen LogP contribution is 2.47. The summed E-state index contributed by atoms with van der Waals surface area (Å²) in [6.07, 6.45) is 1.71. The van der Waals surface area contributed by atoms with Gasteiger partial charge in [0, 0.05) is 31.9 Å². The molecule has 1 aromatic carbocycles. The van der Waals surface area contributed by atoms with Gasteiger partial charge >= 0.3 is 0 Å². The summed E-state index contributed by atoms with van der Waals surface area (Å²) < 4.78 is 0. The maximum absolute atomic E-state index is 4.10. The van der Waals surface area contributed by atoms with Crippen LogP contribution in [0.4, 0.5) is 5.82 Å². The molecule has 2 atom stereocenters. The minimum absolute atomic E-state index is 0.596. The van der Waals surface area contributed by atoms with Crippen molar-refractivity contribution < 1.29 is 0 Å². The quantitative estimate of drug-likeness (QED) is 0.919. The number of aromatic nitrogens is 2. The average molecular weight is 266 g/mol. The zero-order chi connectivity index (χ0) is 13.4. The number of nitrogens with zero attached hydrogens (tertiary/aromatic N) is 3. The molecule has 102 valence electrons. The Labute approximate surface area is 118 Å². The molecule has 4 nitrogen and oxygen atoms in total. The van der Waals surface area contributed by atoms with Crippen LogP contribution in [0.5, 0.6) is 0 Å². The molecule has 0 radical (unpaired) electrons. The first kappa shape index (κ1) is 11.9. The molecular formula is C16H18N4. The van der Waals surface area contributed by atoms with Crippen molar-refractivity contribution in [1.82, 2.24) is 15.1 Å². The summed E-state index contributed by atoms with van der Waals surface area (Å²) >= 11 is 0. The predicted octanol–water partition coefficient (Wildman–Crippen LogP) is 2.02. The van der Waals surface area contributed by atoms with Crippen molar-refractivity contribution in [2.24, 2.45) is 11.8 Å². The number of rotatable bonds is 4. The Morgan fingerprint density at radius 3 is 2.55 bits per heavy atom. The monoisotopic (exact) mass is 266 g/mol. The van der Waals surface area contributed by atoms with E-state index in [0.717, 1.165) is 24.2 Å². The lowest BCUT2D eigenvalue weighted by atomic mass is 10.2. The summed E-state index contributed by atoms with van der Waals surface area (Å²) in [5.41, 5.74) is 1.41. The van der Waals surface area contributed by atoms with Crippen LogP contribution in [0, 0.1) is 11.8 Å². The van der Waals surface area contributed by atoms with Crippen LogP contribution in [-0.2, 0) is 6.54 Å². The van der Waals surface area contributed by atoms with Gasteiger partial charge in [0.05, 0.1) is 0 Å². The molecule has 2 aliphatic rings. The summed E-state index contributed by atoms with van der Waals surface area (Å²) in [5.74, 6) is 2.46. The van der Waals surface area contributed by atoms with Crippen LogP contribution in [0.1, 0.15) is 5.56 Å². The van der Waals surface area contributed by atoms with Gasteiger partial charge in [-0.15, -0.1) is 5.10 Å². The maximum atomic E-state index is 4.10. The predicted molar refractivity (Wildman–Crippen MR) is 78.1 cm³/mol. The van der Waals surface area contributed by atoms with Gasteiger partial charge in [0.1, 0.15) is 5.82 Å². The summed E-state index contributed by atoms with van der Waals surface area (Å²) in [6.45, 7) is 3.46. The van der Waals surface area contributed by atoms with Crippen molar-refractivity contribution in [3.8, 4) is 0 Å². The highest BCUT2D eigenvalue weighted by molar-refractivity contribution is 5.37. The molecule has 4 rings (SSSR count). The Morgan fingerprint density at radius 2 is 1.85 bits per heavy atom. The Hall–Kier alpha value is -1.94. The third kappa shape index (κ3) is 2.27. The number of nitrogens with one attached hydrogen (secondary N) is 1. The summed E-state index contributed by atoms with van der Waals surface area (Å²) in [6, 6.07) is 15.2. The van der Waals surface area contributed by atoms with Crippen LogP contribution in [0.3, 0.4) is 0 Å². The first-order chi connectivity index (χ1) is 9.90. The third-order valence-electron chi connectivity index (χ3n) is 4.41. The van der Waals surface area contributed by atoms with Crippen LogP contribution in [0.15, 0.2) is 48.7 Å². The number of benzene rings is 1. The number of likely N-dealkylation sites (tertiary alicyclic amines) is 1. The second-order valence-electron chi connectivity index (χ2n) is 5.79. The third-order valence-corrected chi connectivity index (χ3v) is 4.41. The van der Waals surface area contributed by atoms with Crippen molar-refractivity contribution in [3.05, 3.63) is 54.2 Å². The maximum Gasteiger partial charge on any atom is 0.148 e. The van der Waals surface area contributed by atoms with Crippen molar-refractivity contribution in [3.63, 3.8) is 0 Å². The van der Waals surface area contributed by atoms with Gasteiger partial charge in [0.15, 0.2) is 0 Å². The molecule has 0 bridgehead atoms. The van der Waals surface area contributed by atoms with Gasteiger partial charge in [-0.25, -0.2) is 0 Å². The van der Waals surface area contributed by atoms with E-state index in [1.54, 1.807) is 6.20 Å². The lowest BCUT2D eigenvalue weighted by molar-refractivity contribution is 0.292. The van der Waals surface area contributed by atoms with Gasteiger partial charge in [-0.1, -0.05) is 30.3 Å². The number of hydrogen-bond acceptors (Lipinski definition) is 4. The second kappa shape index (κ2) is 4.87. The Kier molecular flexibility index (Phi) is 2.89. The first-order valence-electron chi connectivity index (χ1n) is 7.21. The van der Waals surface area contributed by atoms with E-state index in [-0.39, 0.29) is 0 Å². The minimum atomic E-state index is 0.596. The SMILES string of the molecule is c1ccc(CN2CC3C(C2)C3Nc2cccnn2)cc1. The van der Waals surface area contributed by atoms with Crippen LogP contribution in [0.25, 0.3) is 0 Å². The molecule has 0 spiro atoms. The van der Waals surface area contributed by atoms with E-state index in [1.807, 2.05) is 12.1 Å². The molecule has 2 aromatic rings. The topological polar surface area (TPSA) is 41.0 Å². The summed E-state index contributed by atoms with van der Waals surface area (Å²) in [4.78, 5) is 2.56. The van der Waals surface area contributed by atoms with Crippen LogP contribution >= 0.6 is 0 Å². The Bertz CT molecular complexity index is 520. The van der Waals surface area contributed by atoms with E-state index in [0.29, 0.717) is 6.04 Å². The van der Waals surface area contributed by atoms with E-state index in [2.05, 4.69) is 50.7 Å². The zero-order valence-corrected chi connectivity index (χ0v) is 11.3. The fourth-order valence-corrected chi connectivity index (χ4v) is 3.35. The Morgan fingerprint density at radius 1 is 1.05 bits per heavy atom. The lowest BCUT2D eigenvalue weighted by Crippen LogP contribution is -2.27. The van der Waals surface area contributed by atoms with Crippen LogP contribution < -0.4 is 5.32 Å². The molecule has 1 aliphatic heterocycles. The normalized spacial score (nSPS) is 28.1. The van der Waals surface area contributed by atoms with Gasteiger partial charge in [0.25, 0.3) is 0 Å². The van der Waals surface area contributed by atoms with E-state index >= 15 is 0 Å². The van der Waals surface area contributed by atoms with E-state index in [1.165, 1.54) is 18.7 Å². The zero-order valence-electron chi connectivity index (χ0n) is 11.3. The van der Waals surface area contributed by atoms with Gasteiger partial charge in [0.2, 0.25) is 0 Å². The molecule has 4 heteroatoms. The second-order valence-corrected chi connectivity index (χ2v) is 5.79. The van der Waals surface area contributed by atoms with Crippen molar-refractivity contribution in [2.75, 3.05) is 18.4 Å². The Balaban J connectivity index is 1.31. The van der Waals surface area contributed by atoms with Gasteiger partial charge in [-0.3, -0.25) is 4.90 Å². The average Bonchev–Trinajstić information content (AvgIpc) is 2.95. The number of hydrogen-bond donors (Lipinski definition) is 1. The smallest absolute Gasteiger partial charge is 0.148 e. The van der Waals surface area contributed by atoms with Crippen molar-refractivity contribution in [1.29, 1.82) is 0 Å². The fraction of sp³-hybridized carbons (Fsp3) is 0.375. The number of anilines is 1.